The summed E-state index contributed by atoms with van der Waals surface area (Å²) < 4.78 is 5.66. The molecule has 0 aromatic carbocycles. The van der Waals surface area contributed by atoms with E-state index in [1.165, 1.54) is 0 Å². The number of ether oxygens (including phenoxy) is 1. The molecule has 2 aliphatic carbocycles. The molecule has 0 aromatic heterocycles. The maximum absolute atomic E-state index is 11.9. The molecule has 0 N–H and O–H groups in total. The zero-order valence-electron chi connectivity index (χ0n) is 7.79. The number of hydrogen-bond acceptors (Lipinski definition) is 3. The highest BCUT2D eigenvalue weighted by molar-refractivity contribution is 6.24. The Balaban J connectivity index is 2.15. The van der Waals surface area contributed by atoms with E-state index in [2.05, 4.69) is 6.07 Å². The Morgan fingerprint density at radius 3 is 3.00 bits per heavy atom. The van der Waals surface area contributed by atoms with Crippen molar-refractivity contribution < 1.29 is 9.53 Å². The van der Waals surface area contributed by atoms with Crippen molar-refractivity contribution in [3.63, 3.8) is 0 Å². The van der Waals surface area contributed by atoms with Crippen LogP contribution in [0.5, 0.6) is 0 Å². The van der Waals surface area contributed by atoms with E-state index >= 15 is 0 Å². The van der Waals surface area contributed by atoms with Gasteiger partial charge < -0.3 is 4.74 Å². The number of Topliss-reactive ketones (excluding diaryl/α,β-unsaturated/α-hetero) is 1. The summed E-state index contributed by atoms with van der Waals surface area (Å²) >= 11 is 6.15. The molecule has 0 radical (unpaired) electrons. The summed E-state index contributed by atoms with van der Waals surface area (Å²) in [5.74, 6) is 0.0812. The lowest BCUT2D eigenvalue weighted by Crippen LogP contribution is -2.48. The van der Waals surface area contributed by atoms with Crippen molar-refractivity contribution in [2.75, 3.05) is 0 Å². The van der Waals surface area contributed by atoms with Crippen LogP contribution < -0.4 is 0 Å². The summed E-state index contributed by atoms with van der Waals surface area (Å²) in [5.41, 5.74) is -1.12. The number of nitrogens with zero attached hydrogens (tertiary/aromatic N) is 1. The predicted octanol–water partition coefficient (Wildman–Crippen LogP) is 1.25. The second kappa shape index (κ2) is 2.15. The van der Waals surface area contributed by atoms with Gasteiger partial charge >= 0.3 is 0 Å². The van der Waals surface area contributed by atoms with Crippen LogP contribution in [0.25, 0.3) is 0 Å². The van der Waals surface area contributed by atoms with Crippen LogP contribution in [0.1, 0.15) is 19.8 Å². The monoisotopic (exact) mass is 211 g/mol. The fourth-order valence-electron chi connectivity index (χ4n) is 3.34. The van der Waals surface area contributed by atoms with Crippen LogP contribution in [-0.2, 0) is 9.53 Å². The van der Waals surface area contributed by atoms with Gasteiger partial charge in [-0.25, -0.2) is 0 Å². The molecule has 2 aliphatic heterocycles. The molecular formula is C10H10ClNO2. The summed E-state index contributed by atoms with van der Waals surface area (Å²) in [5, 5.41) is 8.88. The van der Waals surface area contributed by atoms with Gasteiger partial charge in [0, 0.05) is 12.3 Å². The lowest BCUT2D eigenvalue weighted by atomic mass is 9.74. The lowest BCUT2D eigenvalue weighted by Gasteiger charge is -2.34. The summed E-state index contributed by atoms with van der Waals surface area (Å²) in [6, 6.07) is 2.18. The highest BCUT2D eigenvalue weighted by atomic mass is 35.5. The first-order valence-corrected chi connectivity index (χ1v) is 5.24. The van der Waals surface area contributed by atoms with Gasteiger partial charge in [-0.3, -0.25) is 4.79 Å². The molecule has 3 nitrogen and oxygen atoms in total. The Kier molecular flexibility index (Phi) is 1.34. The standard InChI is InChI=1S/C10H10ClNO2/c1-9-3-10(4-12)2-5(9)6(11)7(14-9)8(10)13/h5-7H,2-3H2,1H3/t5?,6-,7?,9?,10?/m0/s1. The quantitative estimate of drug-likeness (QED) is 0.567. The molecule has 0 aromatic rings. The highest BCUT2D eigenvalue weighted by Gasteiger charge is 2.72. The minimum absolute atomic E-state index is 0.0915. The summed E-state index contributed by atoms with van der Waals surface area (Å²) in [6.45, 7) is 1.97. The Morgan fingerprint density at radius 1 is 1.71 bits per heavy atom. The fourth-order valence-corrected chi connectivity index (χ4v) is 3.86. The second-order valence-electron chi connectivity index (χ2n) is 4.84. The maximum atomic E-state index is 11.9. The molecule has 4 heteroatoms. The molecule has 5 atom stereocenters. The van der Waals surface area contributed by atoms with Crippen molar-refractivity contribution in [1.29, 1.82) is 5.26 Å². The molecule has 4 aliphatic rings. The van der Waals surface area contributed by atoms with Crippen LogP contribution in [0.2, 0.25) is 0 Å². The first-order chi connectivity index (χ1) is 6.52. The minimum Gasteiger partial charge on any atom is -0.362 e. The van der Waals surface area contributed by atoms with Gasteiger partial charge in [0.2, 0.25) is 0 Å². The average Bonchev–Trinajstić information content (AvgIpc) is 2.52. The number of halogens is 1. The molecule has 0 amide bonds. The highest BCUT2D eigenvalue weighted by Crippen LogP contribution is 2.63. The van der Waals surface area contributed by atoms with E-state index in [1.54, 1.807) is 0 Å². The van der Waals surface area contributed by atoms with E-state index in [9.17, 15) is 4.79 Å². The van der Waals surface area contributed by atoms with Gasteiger partial charge in [-0.05, 0) is 13.3 Å². The van der Waals surface area contributed by atoms with Gasteiger partial charge in [0.05, 0.1) is 17.0 Å². The third kappa shape index (κ3) is 0.687. The molecule has 2 saturated heterocycles. The molecule has 4 unspecified atom stereocenters. The third-order valence-electron chi connectivity index (χ3n) is 4.02. The Morgan fingerprint density at radius 2 is 2.43 bits per heavy atom. The Labute approximate surface area is 87.0 Å². The number of carbonyl (C=O) groups is 1. The van der Waals surface area contributed by atoms with Crippen LogP contribution in [0.3, 0.4) is 0 Å². The van der Waals surface area contributed by atoms with Crippen molar-refractivity contribution >= 4 is 17.4 Å². The molecule has 4 fully saturated rings. The largest absolute Gasteiger partial charge is 0.362 e. The van der Waals surface area contributed by atoms with Gasteiger partial charge in [-0.1, -0.05) is 0 Å². The van der Waals surface area contributed by atoms with Gasteiger partial charge in [0.15, 0.2) is 5.78 Å². The summed E-state index contributed by atoms with van der Waals surface area (Å²) in [7, 11) is 0. The number of hydrogen-bond donors (Lipinski definition) is 0. The van der Waals surface area contributed by atoms with E-state index in [0.29, 0.717) is 12.8 Å². The summed E-state index contributed by atoms with van der Waals surface area (Å²) in [6.07, 6.45) is 0.581. The number of alkyl halides is 1. The molecule has 74 valence electrons. The second-order valence-corrected chi connectivity index (χ2v) is 5.35. The van der Waals surface area contributed by atoms with E-state index in [-0.39, 0.29) is 22.7 Å². The zero-order chi connectivity index (χ0) is 10.1. The predicted molar refractivity (Wildman–Crippen MR) is 48.7 cm³/mol. The van der Waals surface area contributed by atoms with Gasteiger partial charge in [0.1, 0.15) is 11.5 Å². The third-order valence-corrected chi connectivity index (χ3v) is 4.55. The van der Waals surface area contributed by atoms with Crippen LogP contribution in [-0.4, -0.2) is 22.9 Å². The van der Waals surface area contributed by atoms with Crippen LogP contribution in [0.15, 0.2) is 0 Å². The lowest BCUT2D eigenvalue weighted by molar-refractivity contribution is -0.151. The van der Waals surface area contributed by atoms with Gasteiger partial charge in [-0.2, -0.15) is 5.26 Å². The number of rotatable bonds is 0. The van der Waals surface area contributed by atoms with Crippen LogP contribution in [0.4, 0.5) is 0 Å². The molecular weight excluding hydrogens is 202 g/mol. The van der Waals surface area contributed by atoms with Crippen molar-refractivity contribution in [3.05, 3.63) is 0 Å². The zero-order valence-corrected chi connectivity index (χ0v) is 8.54. The van der Waals surface area contributed by atoms with E-state index in [0.717, 1.165) is 0 Å². The van der Waals surface area contributed by atoms with E-state index < -0.39 is 11.5 Å². The average molecular weight is 212 g/mol. The number of ketones is 1. The summed E-state index contributed by atoms with van der Waals surface area (Å²) in [4.78, 5) is 11.9. The molecule has 2 heterocycles. The Bertz CT molecular complexity index is 377. The fraction of sp³-hybridized carbons (Fsp3) is 0.800. The number of nitriles is 1. The van der Waals surface area contributed by atoms with Crippen molar-refractivity contribution in [2.45, 2.75) is 36.8 Å². The molecule has 14 heavy (non-hydrogen) atoms. The van der Waals surface area contributed by atoms with Crippen LogP contribution >= 0.6 is 11.6 Å². The molecule has 0 spiro atoms. The van der Waals surface area contributed by atoms with Crippen LogP contribution in [0, 0.1) is 22.7 Å². The van der Waals surface area contributed by atoms with E-state index in [1.807, 2.05) is 6.92 Å². The molecule has 4 bridgehead atoms. The topological polar surface area (TPSA) is 50.1 Å². The number of carbonyl (C=O) groups excluding carboxylic acids is 1. The van der Waals surface area contributed by atoms with Gasteiger partial charge in [-0.15, -0.1) is 11.6 Å². The first kappa shape index (κ1) is 8.70. The van der Waals surface area contributed by atoms with E-state index in [4.69, 9.17) is 21.6 Å². The van der Waals surface area contributed by atoms with Crippen molar-refractivity contribution in [2.24, 2.45) is 11.3 Å². The minimum atomic E-state index is -0.784. The molecule has 2 saturated carbocycles. The van der Waals surface area contributed by atoms with Gasteiger partial charge in [0.25, 0.3) is 0 Å². The van der Waals surface area contributed by atoms with Crippen molar-refractivity contribution in [3.8, 4) is 6.07 Å². The smallest absolute Gasteiger partial charge is 0.183 e. The Hall–Kier alpha value is -0.590. The normalized spacial score (nSPS) is 59.2. The molecule has 4 rings (SSSR count). The maximum Gasteiger partial charge on any atom is 0.183 e. The SMILES string of the molecule is CC12CC3(C#N)CC1[C@H](Cl)C(O2)C3=O. The first-order valence-electron chi connectivity index (χ1n) is 4.80. The van der Waals surface area contributed by atoms with Crippen molar-refractivity contribution in [1.82, 2.24) is 0 Å².